The fraction of sp³-hybridized carbons (Fsp3) is 0.370. The summed E-state index contributed by atoms with van der Waals surface area (Å²) >= 11 is 0. The Hall–Kier alpha value is -2.65. The summed E-state index contributed by atoms with van der Waals surface area (Å²) < 4.78 is 0. The van der Waals surface area contributed by atoms with Gasteiger partial charge in [0.25, 0.3) is 0 Å². The molecule has 0 aliphatic carbocycles. The van der Waals surface area contributed by atoms with Crippen LogP contribution in [0.5, 0.6) is 0 Å². The van der Waals surface area contributed by atoms with Gasteiger partial charge >= 0.3 is 0 Å². The van der Waals surface area contributed by atoms with E-state index in [0.29, 0.717) is 0 Å². The summed E-state index contributed by atoms with van der Waals surface area (Å²) in [5.41, 5.74) is 4.70. The lowest BCUT2D eigenvalue weighted by atomic mass is 10.0. The Kier molecular flexibility index (Phi) is 7.15. The molecule has 0 radical (unpaired) electrons. The molecule has 0 N–H and O–H groups in total. The number of pyridine rings is 1. The minimum Gasteiger partial charge on any atom is -0.354 e. The number of hydrogen-bond donors (Lipinski definition) is 0. The topological polar surface area (TPSA) is 19.4 Å². The highest BCUT2D eigenvalue weighted by Gasteiger charge is 2.19. The molecule has 4 rings (SSSR count). The van der Waals surface area contributed by atoms with Crippen molar-refractivity contribution < 1.29 is 0 Å². The van der Waals surface area contributed by atoms with E-state index in [0.717, 1.165) is 37.7 Å². The predicted octanol–water partition coefficient (Wildman–Crippen LogP) is 6.12. The Morgan fingerprint density at radius 1 is 0.700 bits per heavy atom. The predicted molar refractivity (Wildman–Crippen MR) is 128 cm³/mol. The molecule has 0 atom stereocenters. The second-order valence-corrected chi connectivity index (χ2v) is 8.22. The molecule has 1 aliphatic heterocycles. The van der Waals surface area contributed by atoms with Crippen molar-refractivity contribution in [3.63, 3.8) is 0 Å². The Morgan fingerprint density at radius 2 is 1.37 bits per heavy atom. The molecule has 0 bridgehead atoms. The van der Waals surface area contributed by atoms with E-state index in [1.807, 2.05) is 0 Å². The molecule has 30 heavy (non-hydrogen) atoms. The smallest absolute Gasteiger partial charge is 0.129 e. The van der Waals surface area contributed by atoms with Crippen molar-refractivity contribution in [2.75, 3.05) is 37.6 Å². The highest BCUT2D eigenvalue weighted by atomic mass is 15.3. The van der Waals surface area contributed by atoms with Crippen molar-refractivity contribution in [3.05, 3.63) is 72.8 Å². The number of unbranched alkanes of at least 4 members (excludes halogenated alkanes) is 3. The van der Waals surface area contributed by atoms with Crippen LogP contribution in [0.1, 0.15) is 32.6 Å². The Bertz CT molecular complexity index is 842. The van der Waals surface area contributed by atoms with Crippen LogP contribution in [0.25, 0.3) is 22.4 Å². The van der Waals surface area contributed by atoms with Gasteiger partial charge in [0.15, 0.2) is 0 Å². The highest BCUT2D eigenvalue weighted by molar-refractivity contribution is 5.74. The van der Waals surface area contributed by atoms with E-state index in [-0.39, 0.29) is 0 Å². The van der Waals surface area contributed by atoms with Gasteiger partial charge in [-0.1, -0.05) is 86.8 Å². The number of benzene rings is 2. The van der Waals surface area contributed by atoms with Crippen LogP contribution < -0.4 is 4.90 Å². The third-order valence-electron chi connectivity index (χ3n) is 6.01. The van der Waals surface area contributed by atoms with Crippen molar-refractivity contribution in [2.24, 2.45) is 0 Å². The summed E-state index contributed by atoms with van der Waals surface area (Å²) in [5.74, 6) is 1.10. The third-order valence-corrected chi connectivity index (χ3v) is 6.01. The molecule has 3 heteroatoms. The zero-order chi connectivity index (χ0) is 20.6. The summed E-state index contributed by atoms with van der Waals surface area (Å²) in [6.07, 6.45) is 5.35. The molecule has 3 aromatic rings. The van der Waals surface area contributed by atoms with Crippen LogP contribution >= 0.6 is 0 Å². The van der Waals surface area contributed by atoms with E-state index in [1.54, 1.807) is 0 Å². The van der Waals surface area contributed by atoms with Gasteiger partial charge in [-0.05, 0) is 36.2 Å². The standard InChI is InChI=1S/C27H33N3/c1-2-3-4-11-16-29-17-19-30(20-18-29)27-22-25(23-12-7-5-8-13-23)21-26(28-27)24-14-9-6-10-15-24/h5-10,12-15,21-22H,2-4,11,16-20H2,1H3. The van der Waals surface area contributed by atoms with Crippen molar-refractivity contribution >= 4 is 5.82 Å². The van der Waals surface area contributed by atoms with Crippen LogP contribution in [0.15, 0.2) is 72.8 Å². The molecular weight excluding hydrogens is 366 g/mol. The average Bonchev–Trinajstić information content (AvgIpc) is 2.83. The van der Waals surface area contributed by atoms with Gasteiger partial charge in [-0.15, -0.1) is 0 Å². The van der Waals surface area contributed by atoms with Crippen LogP contribution in [0, 0.1) is 0 Å². The number of anilines is 1. The zero-order valence-electron chi connectivity index (χ0n) is 18.1. The molecule has 1 saturated heterocycles. The Labute approximate surface area is 181 Å². The number of rotatable bonds is 8. The maximum absolute atomic E-state index is 5.07. The quantitative estimate of drug-likeness (QED) is 0.426. The summed E-state index contributed by atoms with van der Waals surface area (Å²) in [5, 5.41) is 0. The van der Waals surface area contributed by atoms with E-state index >= 15 is 0 Å². The first-order valence-electron chi connectivity index (χ1n) is 11.4. The van der Waals surface area contributed by atoms with Gasteiger partial charge in [0.2, 0.25) is 0 Å². The van der Waals surface area contributed by atoms with Crippen molar-refractivity contribution in [2.45, 2.75) is 32.6 Å². The molecular formula is C27H33N3. The van der Waals surface area contributed by atoms with Gasteiger partial charge in [0.05, 0.1) is 5.69 Å². The maximum atomic E-state index is 5.07. The summed E-state index contributed by atoms with van der Waals surface area (Å²) in [4.78, 5) is 10.1. The third kappa shape index (κ3) is 5.28. The molecule has 1 aromatic heterocycles. The SMILES string of the molecule is CCCCCCN1CCN(c2cc(-c3ccccc3)cc(-c3ccccc3)n2)CC1. The molecule has 0 spiro atoms. The first kappa shape index (κ1) is 20.6. The first-order valence-corrected chi connectivity index (χ1v) is 11.4. The fourth-order valence-corrected chi connectivity index (χ4v) is 4.19. The fourth-order valence-electron chi connectivity index (χ4n) is 4.19. The van der Waals surface area contributed by atoms with Crippen LogP contribution in [-0.2, 0) is 0 Å². The molecule has 2 aromatic carbocycles. The second-order valence-electron chi connectivity index (χ2n) is 8.22. The van der Waals surface area contributed by atoms with Crippen molar-refractivity contribution in [1.82, 2.24) is 9.88 Å². The van der Waals surface area contributed by atoms with Crippen LogP contribution in [0.3, 0.4) is 0 Å². The molecule has 0 saturated carbocycles. The van der Waals surface area contributed by atoms with Gasteiger partial charge in [0.1, 0.15) is 5.82 Å². The molecule has 2 heterocycles. The van der Waals surface area contributed by atoms with Gasteiger partial charge in [-0.3, -0.25) is 4.90 Å². The Balaban J connectivity index is 1.53. The molecule has 0 unspecified atom stereocenters. The molecule has 0 amide bonds. The molecule has 1 aliphatic rings. The van der Waals surface area contributed by atoms with Gasteiger partial charge < -0.3 is 4.90 Å². The highest BCUT2D eigenvalue weighted by Crippen LogP contribution is 2.29. The number of piperazine rings is 1. The largest absolute Gasteiger partial charge is 0.354 e. The van der Waals surface area contributed by atoms with Crippen LogP contribution in [0.2, 0.25) is 0 Å². The summed E-state index contributed by atoms with van der Waals surface area (Å²) in [6.45, 7) is 7.87. The van der Waals surface area contributed by atoms with E-state index in [1.165, 1.54) is 48.9 Å². The minimum absolute atomic E-state index is 1.05. The molecule has 1 fully saturated rings. The Morgan fingerprint density at radius 3 is 2.03 bits per heavy atom. The summed E-state index contributed by atoms with van der Waals surface area (Å²) in [6, 6.07) is 25.7. The normalized spacial score (nSPS) is 14.8. The lowest BCUT2D eigenvalue weighted by Crippen LogP contribution is -2.47. The van der Waals surface area contributed by atoms with Gasteiger partial charge in [-0.25, -0.2) is 4.98 Å². The van der Waals surface area contributed by atoms with Gasteiger partial charge in [0, 0.05) is 31.7 Å². The average molecular weight is 400 g/mol. The van der Waals surface area contributed by atoms with Gasteiger partial charge in [-0.2, -0.15) is 0 Å². The van der Waals surface area contributed by atoms with Crippen molar-refractivity contribution in [1.29, 1.82) is 0 Å². The first-order chi connectivity index (χ1) is 14.8. The van der Waals surface area contributed by atoms with Crippen LogP contribution in [0.4, 0.5) is 5.82 Å². The van der Waals surface area contributed by atoms with Crippen molar-refractivity contribution in [3.8, 4) is 22.4 Å². The molecule has 156 valence electrons. The minimum atomic E-state index is 1.05. The second kappa shape index (κ2) is 10.4. The maximum Gasteiger partial charge on any atom is 0.129 e. The molecule has 3 nitrogen and oxygen atoms in total. The number of hydrogen-bond acceptors (Lipinski definition) is 3. The van der Waals surface area contributed by atoms with E-state index in [2.05, 4.69) is 89.5 Å². The monoisotopic (exact) mass is 399 g/mol. The number of aromatic nitrogens is 1. The zero-order valence-corrected chi connectivity index (χ0v) is 18.1. The van der Waals surface area contributed by atoms with E-state index in [9.17, 15) is 0 Å². The van der Waals surface area contributed by atoms with Crippen LogP contribution in [-0.4, -0.2) is 42.6 Å². The van der Waals surface area contributed by atoms with E-state index < -0.39 is 0 Å². The van der Waals surface area contributed by atoms with E-state index in [4.69, 9.17) is 4.98 Å². The lowest BCUT2D eigenvalue weighted by Gasteiger charge is -2.35. The lowest BCUT2D eigenvalue weighted by molar-refractivity contribution is 0.251. The summed E-state index contributed by atoms with van der Waals surface area (Å²) in [7, 11) is 0. The number of nitrogens with zero attached hydrogens (tertiary/aromatic N) is 3.